The van der Waals surface area contributed by atoms with Gasteiger partial charge in [-0.1, -0.05) is 36.4 Å². The summed E-state index contributed by atoms with van der Waals surface area (Å²) in [5, 5.41) is 3.67. The minimum atomic E-state index is -0.406. The molecule has 3 rings (SSSR count). The molecule has 1 heterocycles. The van der Waals surface area contributed by atoms with Gasteiger partial charge in [0.15, 0.2) is 0 Å². The number of nitrogens with zero attached hydrogens (tertiary/aromatic N) is 2. The summed E-state index contributed by atoms with van der Waals surface area (Å²) in [4.78, 5) is 27.4. The predicted octanol–water partition coefficient (Wildman–Crippen LogP) is 2.86. The standard InChI is InChI=1S/C19H19N3O2/c1-21(2)17-14-11-7-8-12-15(14)22(3)19(24)16(17)18(23)20-13-9-5-4-6-10-13/h4-12H,1-3H3,(H,20,23). The van der Waals surface area contributed by atoms with Crippen LogP contribution in [0.25, 0.3) is 10.9 Å². The highest BCUT2D eigenvalue weighted by Crippen LogP contribution is 2.27. The maximum Gasteiger partial charge on any atom is 0.265 e. The highest BCUT2D eigenvalue weighted by atomic mass is 16.2. The molecule has 0 bridgehead atoms. The molecule has 0 aliphatic carbocycles. The number of para-hydroxylation sites is 2. The molecule has 3 aromatic rings. The summed E-state index contributed by atoms with van der Waals surface area (Å²) in [6.45, 7) is 0. The monoisotopic (exact) mass is 321 g/mol. The normalized spacial score (nSPS) is 10.6. The summed E-state index contributed by atoms with van der Waals surface area (Å²) in [5.74, 6) is -0.406. The Morgan fingerprint density at radius 1 is 1.00 bits per heavy atom. The first kappa shape index (κ1) is 15.8. The number of amides is 1. The molecule has 0 saturated carbocycles. The van der Waals surface area contributed by atoms with Crippen molar-refractivity contribution in [1.82, 2.24) is 4.57 Å². The van der Waals surface area contributed by atoms with Crippen LogP contribution in [0.3, 0.4) is 0 Å². The Balaban J connectivity index is 2.23. The maximum atomic E-state index is 12.8. The van der Waals surface area contributed by atoms with Gasteiger partial charge in [0.05, 0.1) is 11.2 Å². The number of carbonyl (C=O) groups excluding carboxylic acids is 1. The van der Waals surface area contributed by atoms with Crippen LogP contribution in [-0.4, -0.2) is 24.6 Å². The zero-order valence-electron chi connectivity index (χ0n) is 13.9. The fraction of sp³-hybridized carbons (Fsp3) is 0.158. The second-order valence-corrected chi connectivity index (χ2v) is 5.82. The second kappa shape index (κ2) is 6.20. The molecule has 122 valence electrons. The van der Waals surface area contributed by atoms with E-state index in [9.17, 15) is 9.59 Å². The lowest BCUT2D eigenvalue weighted by molar-refractivity contribution is 0.102. The molecule has 0 saturated heterocycles. The SMILES string of the molecule is CN(C)c1c(C(=O)Nc2ccccc2)c(=O)n(C)c2ccccc12. The Hall–Kier alpha value is -3.08. The van der Waals surface area contributed by atoms with Crippen molar-refractivity contribution in [3.8, 4) is 0 Å². The Labute approximate surface area is 140 Å². The average molecular weight is 321 g/mol. The number of aromatic nitrogens is 1. The van der Waals surface area contributed by atoms with Gasteiger partial charge in [-0.15, -0.1) is 0 Å². The van der Waals surface area contributed by atoms with Gasteiger partial charge >= 0.3 is 0 Å². The van der Waals surface area contributed by atoms with Crippen LogP contribution in [0.5, 0.6) is 0 Å². The molecule has 24 heavy (non-hydrogen) atoms. The van der Waals surface area contributed by atoms with Gasteiger partial charge in [-0.3, -0.25) is 9.59 Å². The minimum Gasteiger partial charge on any atom is -0.376 e. The van der Waals surface area contributed by atoms with E-state index < -0.39 is 5.91 Å². The van der Waals surface area contributed by atoms with E-state index in [1.807, 2.05) is 61.5 Å². The molecule has 0 atom stereocenters. The Kier molecular flexibility index (Phi) is 4.08. The number of anilines is 2. The number of hydrogen-bond acceptors (Lipinski definition) is 3. The van der Waals surface area contributed by atoms with Crippen LogP contribution in [0.1, 0.15) is 10.4 Å². The first-order chi connectivity index (χ1) is 11.5. The van der Waals surface area contributed by atoms with E-state index in [4.69, 9.17) is 0 Å². The first-order valence-corrected chi connectivity index (χ1v) is 7.66. The van der Waals surface area contributed by atoms with Gasteiger partial charge in [0.25, 0.3) is 11.5 Å². The van der Waals surface area contributed by atoms with E-state index in [2.05, 4.69) is 5.32 Å². The van der Waals surface area contributed by atoms with E-state index in [0.717, 1.165) is 10.9 Å². The van der Waals surface area contributed by atoms with Crippen LogP contribution in [-0.2, 0) is 7.05 Å². The van der Waals surface area contributed by atoms with Crippen molar-refractivity contribution < 1.29 is 4.79 Å². The average Bonchev–Trinajstić information content (AvgIpc) is 2.58. The molecule has 0 unspecified atom stereocenters. The summed E-state index contributed by atoms with van der Waals surface area (Å²) in [7, 11) is 5.35. The summed E-state index contributed by atoms with van der Waals surface area (Å²) in [6.07, 6.45) is 0. The zero-order valence-corrected chi connectivity index (χ0v) is 13.9. The highest BCUT2D eigenvalue weighted by Gasteiger charge is 2.22. The number of carbonyl (C=O) groups is 1. The van der Waals surface area contributed by atoms with E-state index in [1.165, 1.54) is 4.57 Å². The van der Waals surface area contributed by atoms with Crippen molar-refractivity contribution in [2.45, 2.75) is 0 Å². The van der Waals surface area contributed by atoms with Crippen LogP contribution < -0.4 is 15.8 Å². The van der Waals surface area contributed by atoms with Gasteiger partial charge in [0, 0.05) is 32.2 Å². The predicted molar refractivity (Wildman–Crippen MR) is 97.9 cm³/mol. The lowest BCUT2D eigenvalue weighted by Gasteiger charge is -2.21. The molecular weight excluding hydrogens is 302 g/mol. The van der Waals surface area contributed by atoms with E-state index in [0.29, 0.717) is 11.4 Å². The summed E-state index contributed by atoms with van der Waals surface area (Å²) < 4.78 is 1.52. The van der Waals surface area contributed by atoms with Gasteiger partial charge < -0.3 is 14.8 Å². The van der Waals surface area contributed by atoms with Gasteiger partial charge in [0.1, 0.15) is 5.56 Å². The Morgan fingerprint density at radius 2 is 1.62 bits per heavy atom. The van der Waals surface area contributed by atoms with Gasteiger partial charge in [-0.2, -0.15) is 0 Å². The minimum absolute atomic E-state index is 0.144. The van der Waals surface area contributed by atoms with Gasteiger partial charge in [0.2, 0.25) is 0 Å². The van der Waals surface area contributed by atoms with Crippen LogP contribution in [0, 0.1) is 0 Å². The Morgan fingerprint density at radius 3 is 2.29 bits per heavy atom. The lowest BCUT2D eigenvalue weighted by Crippen LogP contribution is -2.31. The van der Waals surface area contributed by atoms with E-state index in [-0.39, 0.29) is 11.1 Å². The molecule has 0 aliphatic heterocycles. The van der Waals surface area contributed by atoms with Crippen molar-refractivity contribution in [2.24, 2.45) is 7.05 Å². The number of rotatable bonds is 3. The fourth-order valence-electron chi connectivity index (χ4n) is 2.86. The number of aryl methyl sites for hydroxylation is 1. The number of nitrogens with one attached hydrogen (secondary N) is 1. The topological polar surface area (TPSA) is 54.3 Å². The number of pyridine rings is 1. The summed E-state index contributed by atoms with van der Waals surface area (Å²) in [6, 6.07) is 16.7. The fourth-order valence-corrected chi connectivity index (χ4v) is 2.86. The molecule has 0 radical (unpaired) electrons. The molecule has 5 heteroatoms. The van der Waals surface area contributed by atoms with Crippen molar-refractivity contribution in [3.05, 3.63) is 70.5 Å². The summed E-state index contributed by atoms with van der Waals surface area (Å²) >= 11 is 0. The third kappa shape index (κ3) is 2.65. The quantitative estimate of drug-likeness (QED) is 0.807. The van der Waals surface area contributed by atoms with Crippen LogP contribution >= 0.6 is 0 Å². The highest BCUT2D eigenvalue weighted by molar-refractivity contribution is 6.12. The largest absolute Gasteiger partial charge is 0.376 e. The molecule has 2 aromatic carbocycles. The number of benzene rings is 2. The number of fused-ring (bicyclic) bond motifs is 1. The first-order valence-electron chi connectivity index (χ1n) is 7.66. The molecule has 0 spiro atoms. The van der Waals surface area contributed by atoms with Crippen molar-refractivity contribution in [1.29, 1.82) is 0 Å². The maximum absolute atomic E-state index is 12.8. The zero-order chi connectivity index (χ0) is 17.3. The molecule has 1 aromatic heterocycles. The third-order valence-electron chi connectivity index (χ3n) is 3.98. The molecule has 0 fully saturated rings. The van der Waals surface area contributed by atoms with Crippen molar-refractivity contribution in [3.63, 3.8) is 0 Å². The van der Waals surface area contributed by atoms with Gasteiger partial charge in [-0.05, 0) is 18.2 Å². The van der Waals surface area contributed by atoms with Crippen LogP contribution in [0.15, 0.2) is 59.4 Å². The lowest BCUT2D eigenvalue weighted by atomic mass is 10.1. The van der Waals surface area contributed by atoms with Crippen molar-refractivity contribution >= 4 is 28.2 Å². The molecule has 5 nitrogen and oxygen atoms in total. The Bertz CT molecular complexity index is 960. The molecule has 1 N–H and O–H groups in total. The van der Waals surface area contributed by atoms with E-state index >= 15 is 0 Å². The van der Waals surface area contributed by atoms with Crippen molar-refractivity contribution in [2.75, 3.05) is 24.3 Å². The molecule has 1 amide bonds. The molecular formula is C19H19N3O2. The van der Waals surface area contributed by atoms with E-state index in [1.54, 1.807) is 19.2 Å². The smallest absolute Gasteiger partial charge is 0.265 e. The third-order valence-corrected chi connectivity index (χ3v) is 3.98. The van der Waals surface area contributed by atoms with Gasteiger partial charge in [-0.25, -0.2) is 0 Å². The van der Waals surface area contributed by atoms with Crippen LogP contribution in [0.2, 0.25) is 0 Å². The second-order valence-electron chi connectivity index (χ2n) is 5.82. The number of hydrogen-bond donors (Lipinski definition) is 1. The molecule has 0 aliphatic rings. The summed E-state index contributed by atoms with van der Waals surface area (Å²) in [5.41, 5.74) is 1.91. The van der Waals surface area contributed by atoms with Crippen LogP contribution in [0.4, 0.5) is 11.4 Å².